The lowest BCUT2D eigenvalue weighted by atomic mass is 9.89. The molecule has 1 aromatic heterocycles. The molecule has 0 bridgehead atoms. The van der Waals surface area contributed by atoms with Crippen LogP contribution >= 0.6 is 0 Å². The van der Waals surface area contributed by atoms with Crippen molar-refractivity contribution >= 4 is 45.3 Å². The molecular formula is C47H55N5O8. The van der Waals surface area contributed by atoms with Crippen LogP contribution in [0.5, 0.6) is 0 Å². The quantitative estimate of drug-likeness (QED) is 0.0429. The molecule has 13 nitrogen and oxygen atoms in total. The van der Waals surface area contributed by atoms with Crippen LogP contribution in [0.1, 0.15) is 70.5 Å². The number of carbonyl (C=O) groups is 3. The molecule has 1 amide bonds. The number of nitrogens with one attached hydrogen (secondary N) is 2. The van der Waals surface area contributed by atoms with Crippen molar-refractivity contribution in [3.05, 3.63) is 101 Å². The van der Waals surface area contributed by atoms with Crippen LogP contribution in [0.15, 0.2) is 77.2 Å². The molecule has 0 saturated heterocycles. The zero-order valence-electron chi connectivity index (χ0n) is 35.5. The highest BCUT2D eigenvalue weighted by molar-refractivity contribution is 6.09. The van der Waals surface area contributed by atoms with E-state index in [0.717, 1.165) is 38.9 Å². The molecule has 0 saturated carbocycles. The van der Waals surface area contributed by atoms with Gasteiger partial charge in [0.05, 0.1) is 49.0 Å². The highest BCUT2D eigenvalue weighted by Gasteiger charge is 2.23. The molecule has 60 heavy (non-hydrogen) atoms. The zero-order valence-corrected chi connectivity index (χ0v) is 35.5. The number of anilines is 1. The molecule has 3 N–H and O–H groups in total. The van der Waals surface area contributed by atoms with E-state index in [2.05, 4.69) is 15.3 Å². The van der Waals surface area contributed by atoms with Gasteiger partial charge in [0, 0.05) is 91.1 Å². The highest BCUT2D eigenvalue weighted by Crippen LogP contribution is 2.42. The minimum absolute atomic E-state index is 0.0176. The number of H-pyrrole nitrogens is 1. The first kappa shape index (κ1) is 43.7. The standard InChI is InChI=1S/C47H55N5O8/c1-28(2)45(54)29(3)23-43-49-38-17-11-30(25-39(38)50-43)40(53)9-8-19-58-21-22-59-20-18-48-46(55)31-10-14-34(37(24-31)47(56)57)44-35-15-12-32(51(4)5)26-41(35)60-42-27-33(52(6)7)13-16-36(42)44/h10-17,24-29,45,54H,8-9,18-23H2,1-7H3,(H2-,48,49,50,53,55,56,57)/t29-,45+/m1/s1. The maximum Gasteiger partial charge on any atom is 0.251 e. The van der Waals surface area contributed by atoms with Gasteiger partial charge in [-0.25, -0.2) is 9.56 Å². The number of benzene rings is 4. The fourth-order valence-electron chi connectivity index (χ4n) is 7.34. The monoisotopic (exact) mass is 817 g/mol. The molecule has 0 spiro atoms. The molecule has 0 fully saturated rings. The van der Waals surface area contributed by atoms with Crippen molar-refractivity contribution in [2.75, 3.05) is 66.1 Å². The van der Waals surface area contributed by atoms with Crippen LogP contribution in [0.25, 0.3) is 44.5 Å². The van der Waals surface area contributed by atoms with E-state index in [1.807, 2.05) is 107 Å². The maximum atomic E-state index is 13.1. The third kappa shape index (κ3) is 10.3. The van der Waals surface area contributed by atoms with E-state index in [9.17, 15) is 24.6 Å². The molecule has 316 valence electrons. The van der Waals surface area contributed by atoms with Crippen LogP contribution in [0.4, 0.5) is 5.69 Å². The lowest BCUT2D eigenvalue weighted by Gasteiger charge is -2.21. The van der Waals surface area contributed by atoms with Crippen LogP contribution in [-0.2, 0) is 15.9 Å². The van der Waals surface area contributed by atoms with Gasteiger partial charge in [-0.1, -0.05) is 26.8 Å². The van der Waals surface area contributed by atoms with E-state index in [1.54, 1.807) is 18.2 Å². The summed E-state index contributed by atoms with van der Waals surface area (Å²) in [6.07, 6.45) is 1.09. The summed E-state index contributed by atoms with van der Waals surface area (Å²) in [6.45, 7) is 7.46. The van der Waals surface area contributed by atoms with Gasteiger partial charge in [0.2, 0.25) is 5.36 Å². The molecule has 0 radical (unpaired) electrons. The van der Waals surface area contributed by atoms with Crippen LogP contribution in [0.3, 0.4) is 0 Å². The summed E-state index contributed by atoms with van der Waals surface area (Å²) < 4.78 is 19.6. The second-order valence-electron chi connectivity index (χ2n) is 16.0. The van der Waals surface area contributed by atoms with Gasteiger partial charge in [0.1, 0.15) is 31.3 Å². The Hall–Kier alpha value is -5.89. The maximum absolute atomic E-state index is 13.1. The fraction of sp³-hybridized carbons (Fsp3) is 0.383. The van der Waals surface area contributed by atoms with Crippen molar-refractivity contribution in [1.29, 1.82) is 0 Å². The number of rotatable bonds is 19. The lowest BCUT2D eigenvalue weighted by Crippen LogP contribution is -2.29. The van der Waals surface area contributed by atoms with Gasteiger partial charge in [0.15, 0.2) is 5.78 Å². The van der Waals surface area contributed by atoms with Crippen LogP contribution in [0.2, 0.25) is 0 Å². The lowest BCUT2D eigenvalue weighted by molar-refractivity contribution is -0.254. The number of imidazole rings is 1. The zero-order chi connectivity index (χ0) is 43.1. The van der Waals surface area contributed by atoms with Gasteiger partial charge >= 0.3 is 0 Å². The summed E-state index contributed by atoms with van der Waals surface area (Å²) in [5.41, 5.74) is 5.58. The number of aromatic carboxylic acids is 1. The van der Waals surface area contributed by atoms with Crippen molar-refractivity contribution in [1.82, 2.24) is 19.9 Å². The molecule has 1 aliphatic carbocycles. The third-order valence-electron chi connectivity index (χ3n) is 10.7. The van der Waals surface area contributed by atoms with Gasteiger partial charge in [0.25, 0.3) is 5.91 Å². The average molecular weight is 818 g/mol. The van der Waals surface area contributed by atoms with Gasteiger partial charge < -0.3 is 44.1 Å². The van der Waals surface area contributed by atoms with Crippen LogP contribution < -0.4 is 25.3 Å². The second-order valence-corrected chi connectivity index (χ2v) is 16.0. The summed E-state index contributed by atoms with van der Waals surface area (Å²) in [6, 6.07) is 21.6. The number of amides is 1. The Labute approximate surface area is 350 Å². The highest BCUT2D eigenvalue weighted by atomic mass is 16.5. The Morgan fingerprint density at radius 1 is 0.900 bits per heavy atom. The number of aromatic nitrogens is 2. The number of ketones is 1. The average Bonchev–Trinajstić information content (AvgIpc) is 3.63. The van der Waals surface area contributed by atoms with E-state index in [1.165, 1.54) is 6.07 Å². The van der Waals surface area contributed by atoms with Gasteiger partial charge in [-0.3, -0.25) is 9.59 Å². The van der Waals surface area contributed by atoms with Crippen LogP contribution in [-0.4, -0.2) is 100 Å². The molecule has 1 aliphatic heterocycles. The molecule has 13 heteroatoms. The third-order valence-corrected chi connectivity index (χ3v) is 10.7. The number of fused-ring (bicyclic) bond motifs is 3. The normalized spacial score (nSPS) is 12.6. The molecule has 4 aromatic rings. The largest absolute Gasteiger partial charge is 0.545 e. The van der Waals surface area contributed by atoms with E-state index in [-0.39, 0.29) is 41.9 Å². The van der Waals surface area contributed by atoms with E-state index in [4.69, 9.17) is 13.9 Å². The predicted molar refractivity (Wildman–Crippen MR) is 231 cm³/mol. The summed E-state index contributed by atoms with van der Waals surface area (Å²) >= 11 is 0. The van der Waals surface area contributed by atoms with Crippen molar-refractivity contribution in [2.45, 2.75) is 46.1 Å². The number of aliphatic hydroxyl groups is 1. The first-order valence-electron chi connectivity index (χ1n) is 20.4. The van der Waals surface area contributed by atoms with Crippen molar-refractivity contribution in [3.8, 4) is 22.5 Å². The first-order chi connectivity index (χ1) is 28.7. The summed E-state index contributed by atoms with van der Waals surface area (Å²) in [7, 11) is 7.74. The fourth-order valence-corrected chi connectivity index (χ4v) is 7.34. The van der Waals surface area contributed by atoms with Gasteiger partial charge in [-0.2, -0.15) is 0 Å². The van der Waals surface area contributed by atoms with Crippen molar-refractivity contribution < 1.29 is 38.5 Å². The summed E-state index contributed by atoms with van der Waals surface area (Å²) in [4.78, 5) is 48.5. The molecule has 6 rings (SSSR count). The molecule has 3 aromatic carbocycles. The Kier molecular flexibility index (Phi) is 14.2. The van der Waals surface area contributed by atoms with Gasteiger partial charge in [-0.15, -0.1) is 0 Å². The number of Topliss-reactive ketones (excluding diaryl/α,β-unsaturated/α-hetero) is 1. The number of aliphatic hydroxyl groups excluding tert-OH is 1. The predicted octanol–water partition coefficient (Wildman–Crippen LogP) is 5.16. The Morgan fingerprint density at radius 2 is 1.63 bits per heavy atom. The van der Waals surface area contributed by atoms with Crippen molar-refractivity contribution in [2.24, 2.45) is 11.8 Å². The Balaban J connectivity index is 0.977. The molecule has 0 unspecified atom stereocenters. The SMILES string of the molecule is CC(C)[C@H](O)[C@H](C)Cc1nc2ccc(C(=O)CCCOCCOCCNC(=O)c3ccc(-c4c5ccc(=[N+](C)C)cc-5oc5cc(N(C)C)ccc45)c(C(=O)[O-])c3)cc2[nH]1. The Morgan fingerprint density at radius 3 is 2.35 bits per heavy atom. The number of ether oxygens (including phenoxy) is 2. The molecule has 2 aliphatic rings. The molecule has 2 heterocycles. The minimum atomic E-state index is -1.40. The van der Waals surface area contributed by atoms with E-state index >= 15 is 0 Å². The number of hydrogen-bond acceptors (Lipinski definition) is 10. The van der Waals surface area contributed by atoms with Gasteiger partial charge in [-0.05, 0) is 72.4 Å². The first-order valence-corrected chi connectivity index (χ1v) is 20.4. The number of carboxylic acids is 1. The van der Waals surface area contributed by atoms with E-state index < -0.39 is 18.0 Å². The molecular weight excluding hydrogens is 763 g/mol. The summed E-state index contributed by atoms with van der Waals surface area (Å²) in [5.74, 6) is -0.232. The number of carbonyl (C=O) groups excluding carboxylic acids is 3. The minimum Gasteiger partial charge on any atom is -0.545 e. The molecule has 2 atom stereocenters. The number of aromatic amines is 1. The van der Waals surface area contributed by atoms with E-state index in [0.29, 0.717) is 67.1 Å². The topological polar surface area (TPSA) is 173 Å². The smallest absolute Gasteiger partial charge is 0.251 e. The number of nitrogens with zero attached hydrogens (tertiary/aromatic N) is 3. The number of carboxylic acid groups (broad SMARTS) is 1. The Bertz CT molecular complexity index is 2530. The second kappa shape index (κ2) is 19.4. The summed E-state index contributed by atoms with van der Waals surface area (Å²) in [5, 5.41) is 27.4. The van der Waals surface area contributed by atoms with Crippen molar-refractivity contribution in [3.63, 3.8) is 0 Å². The number of hydrogen-bond donors (Lipinski definition) is 3. The van der Waals surface area contributed by atoms with Crippen LogP contribution in [0, 0.1) is 11.8 Å².